The van der Waals surface area contributed by atoms with Crippen molar-refractivity contribution in [2.24, 2.45) is 0 Å². The van der Waals surface area contributed by atoms with Gasteiger partial charge in [-0.25, -0.2) is 0 Å². The second kappa shape index (κ2) is 5.84. The topological polar surface area (TPSA) is 49.8 Å². The van der Waals surface area contributed by atoms with Crippen LogP contribution in [0.4, 0.5) is 0 Å². The van der Waals surface area contributed by atoms with Crippen LogP contribution in [0.15, 0.2) is 22.7 Å². The second-order valence-corrected chi connectivity index (χ2v) is 6.69. The summed E-state index contributed by atoms with van der Waals surface area (Å²) in [5, 5.41) is 9.30. The van der Waals surface area contributed by atoms with Crippen molar-refractivity contribution in [3.63, 3.8) is 0 Å². The van der Waals surface area contributed by atoms with Crippen LogP contribution in [0.2, 0.25) is 0 Å². The molecular weight excluding hydrogens is 322 g/mol. The van der Waals surface area contributed by atoms with Crippen LogP contribution in [0, 0.1) is 6.92 Å². The molecule has 1 fully saturated rings. The quantitative estimate of drug-likeness (QED) is 0.898. The monoisotopic (exact) mass is 341 g/mol. The van der Waals surface area contributed by atoms with Crippen molar-refractivity contribution in [1.29, 1.82) is 0 Å². The van der Waals surface area contributed by atoms with Gasteiger partial charge in [-0.3, -0.25) is 4.79 Å². The number of morpholine rings is 1. The van der Waals surface area contributed by atoms with Crippen molar-refractivity contribution < 1.29 is 14.6 Å². The van der Waals surface area contributed by atoms with E-state index >= 15 is 0 Å². The van der Waals surface area contributed by atoms with E-state index < -0.39 is 5.60 Å². The molecule has 1 aliphatic heterocycles. The summed E-state index contributed by atoms with van der Waals surface area (Å²) >= 11 is 3.44. The van der Waals surface area contributed by atoms with Crippen LogP contribution in [-0.2, 0) is 4.74 Å². The Morgan fingerprint density at radius 2 is 2.25 bits per heavy atom. The summed E-state index contributed by atoms with van der Waals surface area (Å²) in [6, 6.07) is 5.58. The lowest BCUT2D eigenvalue weighted by Gasteiger charge is -2.42. The zero-order valence-corrected chi connectivity index (χ0v) is 13.6. The highest BCUT2D eigenvalue weighted by atomic mass is 79.9. The number of nitrogens with zero attached hydrogens (tertiary/aromatic N) is 1. The van der Waals surface area contributed by atoms with E-state index in [2.05, 4.69) is 15.9 Å². The van der Waals surface area contributed by atoms with Crippen molar-refractivity contribution in [2.75, 3.05) is 19.7 Å². The third-order valence-electron chi connectivity index (χ3n) is 3.38. The average Bonchev–Trinajstić information content (AvgIpc) is 2.39. The Labute approximate surface area is 127 Å². The fourth-order valence-electron chi connectivity index (χ4n) is 2.51. The molecule has 1 aromatic carbocycles. The van der Waals surface area contributed by atoms with E-state index in [1.54, 1.807) is 4.90 Å². The summed E-state index contributed by atoms with van der Waals surface area (Å²) in [5.74, 6) is -0.0181. The predicted octanol–water partition coefficient (Wildman–Crippen LogP) is 2.37. The van der Waals surface area contributed by atoms with Crippen LogP contribution < -0.4 is 0 Å². The number of hydrogen-bond donors (Lipinski definition) is 1. The lowest BCUT2D eigenvalue weighted by molar-refractivity contribution is -0.139. The molecule has 1 atom stereocenters. The molecule has 1 N–H and O–H groups in total. The number of ether oxygens (including phenoxy) is 1. The molecule has 4 nitrogen and oxygen atoms in total. The minimum atomic E-state index is -0.439. The summed E-state index contributed by atoms with van der Waals surface area (Å²) in [6.45, 7) is 6.70. The molecule has 0 bridgehead atoms. The number of carbonyl (C=O) groups excluding carboxylic acids is 1. The first-order valence-electron chi connectivity index (χ1n) is 6.66. The van der Waals surface area contributed by atoms with E-state index in [1.165, 1.54) is 0 Å². The van der Waals surface area contributed by atoms with Crippen molar-refractivity contribution in [3.05, 3.63) is 33.8 Å². The summed E-state index contributed by atoms with van der Waals surface area (Å²) < 4.78 is 6.72. The zero-order chi connectivity index (χ0) is 14.9. The third kappa shape index (κ3) is 3.40. The van der Waals surface area contributed by atoms with Gasteiger partial charge in [0.05, 0.1) is 18.3 Å². The number of amides is 1. The maximum atomic E-state index is 12.6. The maximum Gasteiger partial charge on any atom is 0.254 e. The molecule has 110 valence electrons. The minimum Gasteiger partial charge on any atom is -0.394 e. The number of benzene rings is 1. The van der Waals surface area contributed by atoms with E-state index in [1.807, 2.05) is 39.0 Å². The Balaban J connectivity index is 2.21. The number of carbonyl (C=O) groups is 1. The van der Waals surface area contributed by atoms with E-state index in [9.17, 15) is 9.90 Å². The van der Waals surface area contributed by atoms with Crippen LogP contribution in [0.1, 0.15) is 29.8 Å². The molecular formula is C15H20BrNO3. The van der Waals surface area contributed by atoms with Crippen molar-refractivity contribution >= 4 is 21.8 Å². The van der Waals surface area contributed by atoms with Crippen molar-refractivity contribution in [2.45, 2.75) is 32.5 Å². The van der Waals surface area contributed by atoms with Gasteiger partial charge in [-0.15, -0.1) is 0 Å². The van der Waals surface area contributed by atoms with Crippen LogP contribution in [0.25, 0.3) is 0 Å². The molecule has 0 saturated carbocycles. The molecule has 1 heterocycles. The fourth-order valence-corrected chi connectivity index (χ4v) is 2.75. The SMILES string of the molecule is Cc1cc(C(=O)N2CC(CO)OC(C)(C)C2)ccc1Br. The van der Waals surface area contributed by atoms with Gasteiger partial charge in [0.25, 0.3) is 5.91 Å². The highest BCUT2D eigenvalue weighted by Crippen LogP contribution is 2.24. The molecule has 0 aromatic heterocycles. The van der Waals surface area contributed by atoms with Gasteiger partial charge in [-0.1, -0.05) is 15.9 Å². The molecule has 1 aromatic rings. The Bertz CT molecular complexity index is 516. The Kier molecular flexibility index (Phi) is 4.52. The molecule has 0 aliphatic carbocycles. The van der Waals surface area contributed by atoms with E-state index in [-0.39, 0.29) is 18.6 Å². The molecule has 2 rings (SSSR count). The summed E-state index contributed by atoms with van der Waals surface area (Å²) in [7, 11) is 0. The van der Waals surface area contributed by atoms with Gasteiger partial charge in [-0.05, 0) is 44.5 Å². The van der Waals surface area contributed by atoms with Gasteiger partial charge in [0, 0.05) is 23.1 Å². The van der Waals surface area contributed by atoms with Gasteiger partial charge in [0.15, 0.2) is 0 Å². The van der Waals surface area contributed by atoms with E-state index in [0.29, 0.717) is 18.7 Å². The highest BCUT2D eigenvalue weighted by molar-refractivity contribution is 9.10. The number of aliphatic hydroxyl groups is 1. The second-order valence-electron chi connectivity index (χ2n) is 5.83. The molecule has 0 radical (unpaired) electrons. The number of rotatable bonds is 2. The van der Waals surface area contributed by atoms with Crippen LogP contribution >= 0.6 is 15.9 Å². The van der Waals surface area contributed by atoms with Crippen LogP contribution in [0.5, 0.6) is 0 Å². The fraction of sp³-hybridized carbons (Fsp3) is 0.533. The first-order chi connectivity index (χ1) is 9.32. The molecule has 20 heavy (non-hydrogen) atoms. The van der Waals surface area contributed by atoms with Crippen LogP contribution in [-0.4, -0.2) is 47.3 Å². The Morgan fingerprint density at radius 1 is 1.55 bits per heavy atom. The number of aryl methyl sites for hydroxylation is 1. The van der Waals surface area contributed by atoms with Gasteiger partial charge in [0.1, 0.15) is 0 Å². The van der Waals surface area contributed by atoms with E-state index in [4.69, 9.17) is 4.74 Å². The molecule has 1 aliphatic rings. The molecule has 1 amide bonds. The van der Waals surface area contributed by atoms with Crippen molar-refractivity contribution in [1.82, 2.24) is 4.90 Å². The summed E-state index contributed by atoms with van der Waals surface area (Å²) in [4.78, 5) is 14.3. The number of halogens is 1. The maximum absolute atomic E-state index is 12.6. The van der Waals surface area contributed by atoms with Gasteiger partial charge >= 0.3 is 0 Å². The Morgan fingerprint density at radius 3 is 2.85 bits per heavy atom. The highest BCUT2D eigenvalue weighted by Gasteiger charge is 2.35. The number of aliphatic hydroxyl groups excluding tert-OH is 1. The van der Waals surface area contributed by atoms with Gasteiger partial charge in [-0.2, -0.15) is 0 Å². The van der Waals surface area contributed by atoms with Gasteiger partial charge in [0.2, 0.25) is 0 Å². The lowest BCUT2D eigenvalue weighted by Crippen LogP contribution is -2.55. The standard InChI is InChI=1S/C15H20BrNO3/c1-10-6-11(4-5-13(10)16)14(19)17-7-12(8-18)20-15(2,3)9-17/h4-6,12,18H,7-9H2,1-3H3. The minimum absolute atomic E-state index is 0.0181. The normalized spacial score (nSPS) is 21.9. The molecule has 0 spiro atoms. The predicted molar refractivity (Wildman–Crippen MR) is 80.8 cm³/mol. The molecule has 5 heteroatoms. The van der Waals surface area contributed by atoms with Crippen LogP contribution in [0.3, 0.4) is 0 Å². The molecule has 1 unspecified atom stereocenters. The smallest absolute Gasteiger partial charge is 0.254 e. The first-order valence-corrected chi connectivity index (χ1v) is 7.46. The summed E-state index contributed by atoms with van der Waals surface area (Å²) in [5.41, 5.74) is 1.26. The van der Waals surface area contributed by atoms with Crippen molar-refractivity contribution in [3.8, 4) is 0 Å². The van der Waals surface area contributed by atoms with Gasteiger partial charge < -0.3 is 14.7 Å². The average molecular weight is 342 g/mol. The molecule has 1 saturated heterocycles. The zero-order valence-electron chi connectivity index (χ0n) is 12.0. The largest absolute Gasteiger partial charge is 0.394 e. The number of hydrogen-bond acceptors (Lipinski definition) is 3. The summed E-state index contributed by atoms with van der Waals surface area (Å²) in [6.07, 6.45) is -0.320. The first kappa shape index (κ1) is 15.5. The third-order valence-corrected chi connectivity index (χ3v) is 4.27. The lowest BCUT2D eigenvalue weighted by atomic mass is 10.0. The van der Waals surface area contributed by atoms with E-state index in [0.717, 1.165) is 10.0 Å². The Hall–Kier alpha value is -0.910.